The monoisotopic (exact) mass is 467 g/mol. The number of rotatable bonds is 4. The van der Waals surface area contributed by atoms with Crippen LogP contribution >= 0.6 is 15.9 Å². The number of hydrogen-bond acceptors (Lipinski definition) is 6. The summed E-state index contributed by atoms with van der Waals surface area (Å²) < 4.78 is 6.11. The zero-order valence-corrected chi connectivity index (χ0v) is 17.1. The Kier molecular flexibility index (Phi) is 4.96. The SMILES string of the molecule is Cc1ccc2oc(-c3ccc(NC(=O)c4cc([N+](=O)[O-])ccc4Br)cc3O)nc2c1. The van der Waals surface area contributed by atoms with Gasteiger partial charge < -0.3 is 14.8 Å². The van der Waals surface area contributed by atoms with E-state index < -0.39 is 10.8 Å². The maximum atomic E-state index is 12.5. The van der Waals surface area contributed by atoms with Crippen molar-refractivity contribution >= 4 is 44.3 Å². The van der Waals surface area contributed by atoms with Gasteiger partial charge in [-0.05, 0) is 58.7 Å². The van der Waals surface area contributed by atoms with Gasteiger partial charge in [0.15, 0.2) is 5.58 Å². The summed E-state index contributed by atoms with van der Waals surface area (Å²) in [7, 11) is 0. The number of non-ortho nitro benzene ring substituents is 1. The van der Waals surface area contributed by atoms with Crippen LogP contribution in [0, 0.1) is 17.0 Å². The third kappa shape index (κ3) is 3.74. The molecule has 0 aliphatic heterocycles. The quantitative estimate of drug-likeness (QED) is 0.305. The summed E-state index contributed by atoms with van der Waals surface area (Å²) >= 11 is 3.22. The van der Waals surface area contributed by atoms with Crippen LogP contribution < -0.4 is 5.32 Å². The smallest absolute Gasteiger partial charge is 0.270 e. The predicted molar refractivity (Wildman–Crippen MR) is 115 cm³/mol. The fraction of sp³-hybridized carbons (Fsp3) is 0.0476. The van der Waals surface area contributed by atoms with Crippen LogP contribution in [0.15, 0.2) is 63.5 Å². The van der Waals surface area contributed by atoms with Crippen molar-refractivity contribution in [2.75, 3.05) is 5.32 Å². The van der Waals surface area contributed by atoms with E-state index in [2.05, 4.69) is 26.2 Å². The molecule has 3 aromatic carbocycles. The molecule has 0 spiro atoms. The summed E-state index contributed by atoms with van der Waals surface area (Å²) in [5.41, 5.74) is 2.90. The second-order valence-electron chi connectivity index (χ2n) is 6.60. The van der Waals surface area contributed by atoms with E-state index in [-0.39, 0.29) is 22.9 Å². The van der Waals surface area contributed by atoms with Crippen molar-refractivity contribution < 1.29 is 19.2 Å². The number of nitro benzene ring substituents is 1. The molecule has 0 radical (unpaired) electrons. The first kappa shape index (κ1) is 19.6. The first-order valence-electron chi connectivity index (χ1n) is 8.78. The molecule has 0 atom stereocenters. The largest absolute Gasteiger partial charge is 0.507 e. The summed E-state index contributed by atoms with van der Waals surface area (Å²) in [6.45, 7) is 1.95. The van der Waals surface area contributed by atoms with Crippen LogP contribution in [0.5, 0.6) is 5.75 Å². The van der Waals surface area contributed by atoms with Crippen LogP contribution in [0.1, 0.15) is 15.9 Å². The number of anilines is 1. The molecule has 4 rings (SSSR count). The number of aryl methyl sites for hydroxylation is 1. The minimum Gasteiger partial charge on any atom is -0.507 e. The van der Waals surface area contributed by atoms with Crippen LogP contribution in [0.3, 0.4) is 0 Å². The van der Waals surface area contributed by atoms with Crippen molar-refractivity contribution in [2.24, 2.45) is 0 Å². The van der Waals surface area contributed by atoms with Gasteiger partial charge in [-0.25, -0.2) is 4.98 Å². The van der Waals surface area contributed by atoms with E-state index in [0.29, 0.717) is 26.8 Å². The standard InChI is InChI=1S/C21H14BrN3O5/c1-11-2-7-19-17(8-11)24-21(30-19)14-5-3-12(9-18(14)26)23-20(27)15-10-13(25(28)29)4-6-16(15)22/h2-10,26H,1H3,(H,23,27). The Hall–Kier alpha value is -3.72. The lowest BCUT2D eigenvalue weighted by Crippen LogP contribution is -2.13. The molecule has 1 amide bonds. The van der Waals surface area contributed by atoms with Crippen molar-refractivity contribution in [3.8, 4) is 17.2 Å². The number of carbonyl (C=O) groups excluding carboxylic acids is 1. The molecule has 0 saturated carbocycles. The van der Waals surface area contributed by atoms with Crippen LogP contribution in [-0.4, -0.2) is 20.9 Å². The van der Waals surface area contributed by atoms with Crippen LogP contribution in [0.25, 0.3) is 22.6 Å². The summed E-state index contributed by atoms with van der Waals surface area (Å²) in [4.78, 5) is 27.3. The van der Waals surface area contributed by atoms with Gasteiger partial charge in [0.25, 0.3) is 11.6 Å². The molecule has 0 unspecified atom stereocenters. The summed E-state index contributed by atoms with van der Waals surface area (Å²) in [5.74, 6) is -0.434. The molecule has 1 heterocycles. The third-order valence-corrected chi connectivity index (χ3v) is 5.13. The van der Waals surface area contributed by atoms with Crippen LogP contribution in [0.4, 0.5) is 11.4 Å². The van der Waals surface area contributed by atoms with Crippen molar-refractivity contribution in [2.45, 2.75) is 6.92 Å². The number of hydrogen-bond donors (Lipinski definition) is 2. The minimum absolute atomic E-state index is 0.0992. The molecule has 0 fully saturated rings. The number of nitrogens with one attached hydrogen (secondary N) is 1. The Morgan fingerprint density at radius 2 is 1.97 bits per heavy atom. The molecule has 9 heteroatoms. The number of aromatic nitrogens is 1. The Labute approximate surface area is 178 Å². The number of phenolic OH excluding ortho intramolecular Hbond substituents is 1. The average molecular weight is 468 g/mol. The molecule has 0 saturated heterocycles. The fourth-order valence-electron chi connectivity index (χ4n) is 2.94. The van der Waals surface area contributed by atoms with E-state index in [0.717, 1.165) is 5.56 Å². The van der Waals surface area contributed by atoms with Crippen molar-refractivity contribution in [3.05, 3.63) is 80.3 Å². The zero-order valence-electron chi connectivity index (χ0n) is 15.5. The number of nitro groups is 1. The lowest BCUT2D eigenvalue weighted by molar-refractivity contribution is -0.384. The molecule has 0 aliphatic carbocycles. The Balaban J connectivity index is 1.61. The molecule has 2 N–H and O–H groups in total. The van der Waals surface area contributed by atoms with Crippen molar-refractivity contribution in [1.29, 1.82) is 0 Å². The van der Waals surface area contributed by atoms with Gasteiger partial charge in [0.1, 0.15) is 11.3 Å². The van der Waals surface area contributed by atoms with E-state index >= 15 is 0 Å². The Morgan fingerprint density at radius 1 is 1.17 bits per heavy atom. The second kappa shape index (κ2) is 7.60. The number of oxazole rings is 1. The summed E-state index contributed by atoms with van der Waals surface area (Å²) in [6.07, 6.45) is 0. The molecule has 30 heavy (non-hydrogen) atoms. The number of benzene rings is 3. The molecule has 4 aromatic rings. The number of nitrogens with zero attached hydrogens (tertiary/aromatic N) is 2. The lowest BCUT2D eigenvalue weighted by Gasteiger charge is -2.08. The maximum Gasteiger partial charge on any atom is 0.270 e. The minimum atomic E-state index is -0.578. The summed E-state index contributed by atoms with van der Waals surface area (Å²) in [5, 5.41) is 24.0. The van der Waals surface area contributed by atoms with E-state index in [1.165, 1.54) is 24.3 Å². The lowest BCUT2D eigenvalue weighted by atomic mass is 10.1. The van der Waals surface area contributed by atoms with Gasteiger partial charge in [-0.2, -0.15) is 0 Å². The van der Waals surface area contributed by atoms with Crippen molar-refractivity contribution in [1.82, 2.24) is 4.98 Å². The van der Waals surface area contributed by atoms with E-state index in [9.17, 15) is 20.0 Å². The van der Waals surface area contributed by atoms with Gasteiger partial charge in [-0.3, -0.25) is 14.9 Å². The zero-order chi connectivity index (χ0) is 21.4. The third-order valence-electron chi connectivity index (χ3n) is 4.43. The fourth-order valence-corrected chi connectivity index (χ4v) is 3.37. The Bertz CT molecular complexity index is 1320. The first-order chi connectivity index (χ1) is 14.3. The molecule has 150 valence electrons. The Morgan fingerprint density at radius 3 is 2.70 bits per heavy atom. The van der Waals surface area contributed by atoms with E-state index in [4.69, 9.17) is 4.42 Å². The second-order valence-corrected chi connectivity index (χ2v) is 7.45. The number of halogens is 1. The molecule has 1 aromatic heterocycles. The molecule has 0 bridgehead atoms. The topological polar surface area (TPSA) is 118 Å². The first-order valence-corrected chi connectivity index (χ1v) is 9.57. The molecular formula is C21H14BrN3O5. The van der Waals surface area contributed by atoms with Gasteiger partial charge in [0.2, 0.25) is 5.89 Å². The predicted octanol–water partition coefficient (Wildman–Crippen LogP) is 5.43. The van der Waals surface area contributed by atoms with Gasteiger partial charge in [-0.15, -0.1) is 0 Å². The highest BCUT2D eigenvalue weighted by atomic mass is 79.9. The molecule has 8 nitrogen and oxygen atoms in total. The summed E-state index contributed by atoms with van der Waals surface area (Å²) in [6, 6.07) is 14.0. The van der Waals surface area contributed by atoms with Gasteiger partial charge in [0.05, 0.1) is 16.1 Å². The highest BCUT2D eigenvalue weighted by Gasteiger charge is 2.17. The highest BCUT2D eigenvalue weighted by molar-refractivity contribution is 9.10. The highest BCUT2D eigenvalue weighted by Crippen LogP contribution is 2.33. The van der Waals surface area contributed by atoms with Gasteiger partial charge in [-0.1, -0.05) is 6.07 Å². The van der Waals surface area contributed by atoms with E-state index in [1.54, 1.807) is 12.1 Å². The van der Waals surface area contributed by atoms with Crippen LogP contribution in [-0.2, 0) is 0 Å². The van der Waals surface area contributed by atoms with Crippen molar-refractivity contribution in [3.63, 3.8) is 0 Å². The van der Waals surface area contributed by atoms with E-state index in [1.807, 2.05) is 25.1 Å². The van der Waals surface area contributed by atoms with Crippen LogP contribution in [0.2, 0.25) is 0 Å². The molecular weight excluding hydrogens is 454 g/mol. The number of phenols is 1. The number of carbonyl (C=O) groups is 1. The normalized spacial score (nSPS) is 10.9. The van der Waals surface area contributed by atoms with Gasteiger partial charge in [0, 0.05) is 28.4 Å². The number of aromatic hydroxyl groups is 1. The average Bonchev–Trinajstić information content (AvgIpc) is 3.10. The van der Waals surface area contributed by atoms with Gasteiger partial charge >= 0.3 is 0 Å². The molecule has 0 aliphatic rings. The number of amides is 1. The maximum absolute atomic E-state index is 12.5. The number of fused-ring (bicyclic) bond motifs is 1.